The molecule has 0 heterocycles. The molecule has 1 amide bonds. The minimum Gasteiger partial charge on any atom is -0.468 e. The third-order valence-corrected chi connectivity index (χ3v) is 4.02. The van der Waals surface area contributed by atoms with E-state index in [0.29, 0.717) is 11.3 Å². The fraction of sp³-hybridized carbons (Fsp3) is 0.0952. The number of carbonyl (C=O) groups is 1. The molecule has 7 heteroatoms. The van der Waals surface area contributed by atoms with E-state index in [1.807, 2.05) is 19.1 Å². The number of benzene rings is 3. The van der Waals surface area contributed by atoms with E-state index in [0.717, 1.165) is 23.8 Å². The van der Waals surface area contributed by atoms with E-state index < -0.39 is 28.4 Å². The van der Waals surface area contributed by atoms with Crippen molar-refractivity contribution in [3.05, 3.63) is 99.9 Å². The van der Waals surface area contributed by atoms with Crippen LogP contribution in [0.3, 0.4) is 0 Å². The number of hydrogen-bond acceptors (Lipinski definition) is 4. The van der Waals surface area contributed by atoms with Crippen LogP contribution in [0, 0.1) is 22.9 Å². The molecule has 0 saturated carbocycles. The SMILES string of the molecule is Cc1ccc(NC(=O)[C@H](Oc2cc(F)ccc2[N+](=O)[O-])c2ccccc2)cc1. The van der Waals surface area contributed by atoms with Crippen LogP contribution in [0.5, 0.6) is 5.75 Å². The summed E-state index contributed by atoms with van der Waals surface area (Å²) >= 11 is 0. The highest BCUT2D eigenvalue weighted by Crippen LogP contribution is 2.32. The van der Waals surface area contributed by atoms with Crippen molar-refractivity contribution in [2.75, 3.05) is 5.32 Å². The maximum absolute atomic E-state index is 13.6. The van der Waals surface area contributed by atoms with Gasteiger partial charge in [-0.15, -0.1) is 0 Å². The number of rotatable bonds is 6. The van der Waals surface area contributed by atoms with E-state index in [4.69, 9.17) is 4.74 Å². The second-order valence-electron chi connectivity index (χ2n) is 6.13. The molecule has 3 aromatic carbocycles. The van der Waals surface area contributed by atoms with Crippen molar-refractivity contribution in [3.8, 4) is 5.75 Å². The maximum atomic E-state index is 13.6. The van der Waals surface area contributed by atoms with Gasteiger partial charge in [-0.1, -0.05) is 48.0 Å². The number of anilines is 1. The number of hydrogen-bond donors (Lipinski definition) is 1. The van der Waals surface area contributed by atoms with Gasteiger partial charge in [0.25, 0.3) is 5.91 Å². The van der Waals surface area contributed by atoms with Gasteiger partial charge in [0, 0.05) is 23.4 Å². The highest BCUT2D eigenvalue weighted by Gasteiger charge is 2.27. The zero-order valence-electron chi connectivity index (χ0n) is 15.0. The summed E-state index contributed by atoms with van der Waals surface area (Å²) in [5.74, 6) is -1.56. The number of halogens is 1. The van der Waals surface area contributed by atoms with Crippen molar-refractivity contribution in [2.24, 2.45) is 0 Å². The van der Waals surface area contributed by atoms with E-state index >= 15 is 0 Å². The Balaban J connectivity index is 1.94. The van der Waals surface area contributed by atoms with Crippen LogP contribution in [0.25, 0.3) is 0 Å². The van der Waals surface area contributed by atoms with Crippen LogP contribution < -0.4 is 10.1 Å². The van der Waals surface area contributed by atoms with Gasteiger partial charge in [0.15, 0.2) is 0 Å². The van der Waals surface area contributed by atoms with E-state index in [9.17, 15) is 19.3 Å². The van der Waals surface area contributed by atoms with Gasteiger partial charge in [-0.3, -0.25) is 14.9 Å². The lowest BCUT2D eigenvalue weighted by Gasteiger charge is -2.19. The number of nitro benzene ring substituents is 1. The second kappa shape index (κ2) is 8.30. The summed E-state index contributed by atoms with van der Waals surface area (Å²) < 4.78 is 19.3. The van der Waals surface area contributed by atoms with Crippen molar-refractivity contribution in [1.29, 1.82) is 0 Å². The monoisotopic (exact) mass is 380 g/mol. The summed E-state index contributed by atoms with van der Waals surface area (Å²) in [5, 5.41) is 14.0. The molecule has 142 valence electrons. The van der Waals surface area contributed by atoms with Crippen LogP contribution in [-0.2, 0) is 4.79 Å². The Morgan fingerprint density at radius 3 is 2.39 bits per heavy atom. The number of carbonyl (C=O) groups excluding carboxylic acids is 1. The Kier molecular flexibility index (Phi) is 5.64. The predicted molar refractivity (Wildman–Crippen MR) is 103 cm³/mol. The number of nitrogens with one attached hydrogen (secondary N) is 1. The summed E-state index contributed by atoms with van der Waals surface area (Å²) in [5.41, 5.74) is 1.63. The van der Waals surface area contributed by atoms with E-state index in [-0.39, 0.29) is 5.75 Å². The summed E-state index contributed by atoms with van der Waals surface area (Å²) in [6.07, 6.45) is -1.21. The van der Waals surface area contributed by atoms with E-state index in [1.165, 1.54) is 0 Å². The zero-order valence-corrected chi connectivity index (χ0v) is 15.0. The second-order valence-corrected chi connectivity index (χ2v) is 6.13. The number of ether oxygens (including phenoxy) is 1. The molecule has 1 atom stereocenters. The molecular formula is C21H17FN2O4. The molecule has 0 saturated heterocycles. The quantitative estimate of drug-likeness (QED) is 0.492. The number of aryl methyl sites for hydroxylation is 1. The molecule has 0 bridgehead atoms. The van der Waals surface area contributed by atoms with Gasteiger partial charge in [0.05, 0.1) is 4.92 Å². The molecule has 3 rings (SSSR count). The molecule has 0 unspecified atom stereocenters. The lowest BCUT2D eigenvalue weighted by molar-refractivity contribution is -0.386. The van der Waals surface area contributed by atoms with Crippen LogP contribution in [0.4, 0.5) is 15.8 Å². The first kappa shape index (κ1) is 19.0. The molecule has 28 heavy (non-hydrogen) atoms. The molecule has 0 fully saturated rings. The Morgan fingerprint density at radius 2 is 1.75 bits per heavy atom. The average molecular weight is 380 g/mol. The van der Waals surface area contributed by atoms with Crippen LogP contribution in [0.1, 0.15) is 17.2 Å². The highest BCUT2D eigenvalue weighted by molar-refractivity contribution is 5.95. The molecular weight excluding hydrogens is 363 g/mol. The van der Waals surface area contributed by atoms with Gasteiger partial charge in [0.1, 0.15) is 5.82 Å². The summed E-state index contributed by atoms with van der Waals surface area (Å²) in [4.78, 5) is 23.4. The van der Waals surface area contributed by atoms with Crippen molar-refractivity contribution >= 4 is 17.3 Å². The van der Waals surface area contributed by atoms with Crippen LogP contribution in [0.15, 0.2) is 72.8 Å². The molecule has 6 nitrogen and oxygen atoms in total. The summed E-state index contributed by atoms with van der Waals surface area (Å²) in [7, 11) is 0. The molecule has 3 aromatic rings. The largest absolute Gasteiger partial charge is 0.468 e. The zero-order chi connectivity index (χ0) is 20.1. The third-order valence-electron chi connectivity index (χ3n) is 4.02. The van der Waals surface area contributed by atoms with Gasteiger partial charge in [-0.05, 0) is 25.1 Å². The normalized spacial score (nSPS) is 11.5. The van der Waals surface area contributed by atoms with Crippen molar-refractivity contribution in [1.82, 2.24) is 0 Å². The fourth-order valence-corrected chi connectivity index (χ4v) is 2.61. The van der Waals surface area contributed by atoms with Crippen molar-refractivity contribution in [2.45, 2.75) is 13.0 Å². The van der Waals surface area contributed by atoms with Crippen LogP contribution >= 0.6 is 0 Å². The van der Waals surface area contributed by atoms with E-state index in [2.05, 4.69) is 5.32 Å². The first-order valence-corrected chi connectivity index (χ1v) is 8.47. The fourth-order valence-electron chi connectivity index (χ4n) is 2.61. The van der Waals surface area contributed by atoms with Gasteiger partial charge >= 0.3 is 5.69 Å². The lowest BCUT2D eigenvalue weighted by Crippen LogP contribution is -2.26. The topological polar surface area (TPSA) is 81.5 Å². The Morgan fingerprint density at radius 1 is 1.07 bits per heavy atom. The van der Waals surface area contributed by atoms with Crippen molar-refractivity contribution < 1.29 is 18.8 Å². The molecule has 1 N–H and O–H groups in total. The van der Waals surface area contributed by atoms with Crippen molar-refractivity contribution in [3.63, 3.8) is 0 Å². The number of nitro groups is 1. The standard InChI is InChI=1S/C21H17FN2O4/c1-14-7-10-17(11-8-14)23-21(25)20(15-5-3-2-4-6-15)28-19-13-16(22)9-12-18(19)24(26)27/h2-13,20H,1H3,(H,23,25)/t20-/m1/s1. The average Bonchev–Trinajstić information content (AvgIpc) is 2.68. The highest BCUT2D eigenvalue weighted by atomic mass is 19.1. The first-order chi connectivity index (χ1) is 13.4. The molecule has 0 spiro atoms. The van der Waals surface area contributed by atoms with Gasteiger partial charge in [-0.2, -0.15) is 0 Å². The smallest absolute Gasteiger partial charge is 0.311 e. The Labute approximate surface area is 160 Å². The van der Waals surface area contributed by atoms with Crippen LogP contribution in [-0.4, -0.2) is 10.8 Å². The van der Waals surface area contributed by atoms with Crippen LogP contribution in [0.2, 0.25) is 0 Å². The first-order valence-electron chi connectivity index (χ1n) is 8.47. The maximum Gasteiger partial charge on any atom is 0.311 e. The number of nitrogens with zero attached hydrogens (tertiary/aromatic N) is 1. The Bertz CT molecular complexity index is 991. The molecule has 0 aromatic heterocycles. The molecule has 0 aliphatic rings. The lowest BCUT2D eigenvalue weighted by atomic mass is 10.1. The van der Waals surface area contributed by atoms with Gasteiger partial charge < -0.3 is 10.1 Å². The Hall–Kier alpha value is -3.74. The minimum atomic E-state index is -1.21. The predicted octanol–water partition coefficient (Wildman–Crippen LogP) is 4.80. The van der Waals surface area contributed by atoms with Gasteiger partial charge in [0.2, 0.25) is 11.9 Å². The summed E-state index contributed by atoms with van der Waals surface area (Å²) in [6.45, 7) is 1.92. The summed E-state index contributed by atoms with van der Waals surface area (Å²) in [6, 6.07) is 18.5. The van der Waals surface area contributed by atoms with E-state index in [1.54, 1.807) is 42.5 Å². The number of amides is 1. The third kappa shape index (κ3) is 4.50. The molecule has 0 aliphatic carbocycles. The molecule has 0 radical (unpaired) electrons. The molecule has 0 aliphatic heterocycles. The minimum absolute atomic E-state index is 0.321. The van der Waals surface area contributed by atoms with Gasteiger partial charge in [-0.25, -0.2) is 4.39 Å².